The number of rotatable bonds is 4. The molecule has 2 heterocycles. The number of aromatic amines is 1. The summed E-state index contributed by atoms with van der Waals surface area (Å²) in [7, 11) is 0. The molecule has 0 fully saturated rings. The summed E-state index contributed by atoms with van der Waals surface area (Å²) in [4.78, 5) is 33.2. The Hall–Kier alpha value is -2.76. The lowest BCUT2D eigenvalue weighted by molar-refractivity contribution is -0.136. The molecule has 6 nitrogen and oxygen atoms in total. The lowest BCUT2D eigenvalue weighted by Crippen LogP contribution is -2.20. The molecule has 0 aliphatic rings. The number of hydrogen-bond acceptors (Lipinski definition) is 4. The van der Waals surface area contributed by atoms with Crippen LogP contribution in [0.4, 0.5) is 0 Å². The average Bonchev–Trinajstić information content (AvgIpc) is 2.41. The van der Waals surface area contributed by atoms with Crippen LogP contribution in [-0.4, -0.2) is 26.0 Å². The summed E-state index contributed by atoms with van der Waals surface area (Å²) in [6.07, 6.45) is 6.43. The highest BCUT2D eigenvalue weighted by atomic mass is 16.4. The molecule has 2 aromatic rings. The third-order valence-corrected chi connectivity index (χ3v) is 2.69. The van der Waals surface area contributed by atoms with Gasteiger partial charge in [-0.25, -0.2) is 4.98 Å². The van der Waals surface area contributed by atoms with Crippen LogP contribution in [0.2, 0.25) is 0 Å². The normalized spacial score (nSPS) is 10.8. The smallest absolute Gasteiger partial charge is 0.308 e. The summed E-state index contributed by atoms with van der Waals surface area (Å²) in [5.74, 6) is -0.676. The fourth-order valence-corrected chi connectivity index (χ4v) is 1.72. The molecule has 0 unspecified atom stereocenters. The number of carbonyl (C=O) groups is 1. The van der Waals surface area contributed by atoms with Crippen LogP contribution >= 0.6 is 0 Å². The van der Waals surface area contributed by atoms with Crippen LogP contribution in [0.3, 0.4) is 0 Å². The van der Waals surface area contributed by atoms with E-state index >= 15 is 0 Å². The second kappa shape index (κ2) is 5.92. The standard InChI is InChI=1S/C14H13N3O3/c1-9-11(7-13(18)19)14(20)17-12(16-9)5-4-10-3-2-6-15-8-10/h2-6,8H,7H2,1H3,(H,18,19)(H,16,17,20). The molecule has 0 spiro atoms. The highest BCUT2D eigenvalue weighted by Gasteiger charge is 2.10. The van der Waals surface area contributed by atoms with Crippen LogP contribution in [-0.2, 0) is 11.2 Å². The number of aliphatic carboxylic acids is 1. The van der Waals surface area contributed by atoms with Crippen molar-refractivity contribution in [3.63, 3.8) is 0 Å². The van der Waals surface area contributed by atoms with Crippen molar-refractivity contribution >= 4 is 18.1 Å². The third kappa shape index (κ3) is 3.38. The average molecular weight is 271 g/mol. The second-order valence-electron chi connectivity index (χ2n) is 4.21. The Balaban J connectivity index is 2.29. The minimum Gasteiger partial charge on any atom is -0.481 e. The largest absolute Gasteiger partial charge is 0.481 e. The Bertz CT molecular complexity index is 705. The number of nitrogens with zero attached hydrogens (tertiary/aromatic N) is 2. The van der Waals surface area contributed by atoms with Gasteiger partial charge in [-0.2, -0.15) is 0 Å². The van der Waals surface area contributed by atoms with Crippen LogP contribution in [0.15, 0.2) is 29.3 Å². The number of carboxylic acids is 1. The Kier molecular flexibility index (Phi) is 4.05. The van der Waals surface area contributed by atoms with Crippen LogP contribution in [0.5, 0.6) is 0 Å². The maximum Gasteiger partial charge on any atom is 0.308 e. The van der Waals surface area contributed by atoms with Crippen molar-refractivity contribution in [3.8, 4) is 0 Å². The first-order valence-corrected chi connectivity index (χ1v) is 5.96. The number of H-pyrrole nitrogens is 1. The van der Waals surface area contributed by atoms with Crippen LogP contribution in [0.1, 0.15) is 22.6 Å². The Labute approximate surface area is 114 Å². The summed E-state index contributed by atoms with van der Waals surface area (Å²) in [6, 6.07) is 3.67. The Morgan fingerprint density at radius 3 is 2.85 bits per heavy atom. The van der Waals surface area contributed by atoms with Gasteiger partial charge in [0.15, 0.2) is 0 Å². The molecule has 20 heavy (non-hydrogen) atoms. The minimum absolute atomic E-state index is 0.177. The maximum absolute atomic E-state index is 11.8. The fraction of sp³-hybridized carbons (Fsp3) is 0.143. The number of aryl methyl sites for hydroxylation is 1. The van der Waals surface area contributed by atoms with Gasteiger partial charge in [-0.15, -0.1) is 0 Å². The fourth-order valence-electron chi connectivity index (χ4n) is 1.72. The molecule has 6 heteroatoms. The Morgan fingerprint density at radius 1 is 1.45 bits per heavy atom. The predicted octanol–water partition coefficient (Wildman–Crippen LogP) is 1.27. The molecule has 2 rings (SSSR count). The zero-order valence-electron chi connectivity index (χ0n) is 10.8. The second-order valence-corrected chi connectivity index (χ2v) is 4.21. The van der Waals surface area contributed by atoms with Crippen LogP contribution < -0.4 is 5.56 Å². The molecule has 0 bridgehead atoms. The molecule has 0 saturated carbocycles. The van der Waals surface area contributed by atoms with Crippen molar-refractivity contribution in [3.05, 3.63) is 57.5 Å². The van der Waals surface area contributed by atoms with Gasteiger partial charge >= 0.3 is 5.97 Å². The molecular formula is C14H13N3O3. The minimum atomic E-state index is -1.06. The molecule has 0 amide bonds. The van der Waals surface area contributed by atoms with Crippen LogP contribution in [0, 0.1) is 6.92 Å². The zero-order chi connectivity index (χ0) is 14.5. The van der Waals surface area contributed by atoms with Crippen molar-refractivity contribution in [1.82, 2.24) is 15.0 Å². The van der Waals surface area contributed by atoms with E-state index in [2.05, 4.69) is 15.0 Å². The van der Waals surface area contributed by atoms with E-state index in [0.29, 0.717) is 11.5 Å². The van der Waals surface area contributed by atoms with E-state index in [-0.39, 0.29) is 12.0 Å². The van der Waals surface area contributed by atoms with Gasteiger partial charge in [-0.3, -0.25) is 14.6 Å². The van der Waals surface area contributed by atoms with Crippen molar-refractivity contribution in [1.29, 1.82) is 0 Å². The highest BCUT2D eigenvalue weighted by molar-refractivity contribution is 5.70. The molecule has 2 N–H and O–H groups in total. The van der Waals surface area contributed by atoms with Crippen molar-refractivity contribution in [2.24, 2.45) is 0 Å². The van der Waals surface area contributed by atoms with E-state index in [9.17, 15) is 9.59 Å². The van der Waals surface area contributed by atoms with Gasteiger partial charge in [0.05, 0.1) is 6.42 Å². The molecule has 0 aliphatic carbocycles. The molecule has 0 radical (unpaired) electrons. The molecule has 2 aromatic heterocycles. The van der Waals surface area contributed by atoms with Gasteiger partial charge in [-0.05, 0) is 30.7 Å². The van der Waals surface area contributed by atoms with Gasteiger partial charge < -0.3 is 10.1 Å². The zero-order valence-corrected chi connectivity index (χ0v) is 10.8. The summed E-state index contributed by atoms with van der Waals surface area (Å²) >= 11 is 0. The monoisotopic (exact) mass is 271 g/mol. The molecule has 0 atom stereocenters. The third-order valence-electron chi connectivity index (χ3n) is 2.69. The van der Waals surface area contributed by atoms with E-state index < -0.39 is 11.5 Å². The molecule has 0 aliphatic heterocycles. The lowest BCUT2D eigenvalue weighted by Gasteiger charge is -2.02. The van der Waals surface area contributed by atoms with E-state index in [1.807, 2.05) is 6.07 Å². The van der Waals surface area contributed by atoms with Gasteiger partial charge in [0.2, 0.25) is 0 Å². The summed E-state index contributed by atoms with van der Waals surface area (Å²) in [6.45, 7) is 1.62. The lowest BCUT2D eigenvalue weighted by atomic mass is 10.1. The number of nitrogens with one attached hydrogen (secondary N) is 1. The van der Waals surface area contributed by atoms with E-state index in [4.69, 9.17) is 5.11 Å². The Morgan fingerprint density at radius 2 is 2.25 bits per heavy atom. The molecular weight excluding hydrogens is 258 g/mol. The van der Waals surface area contributed by atoms with Crippen molar-refractivity contribution in [2.45, 2.75) is 13.3 Å². The molecule has 0 aromatic carbocycles. The van der Waals surface area contributed by atoms with Crippen LogP contribution in [0.25, 0.3) is 12.2 Å². The molecule has 0 saturated heterocycles. The van der Waals surface area contributed by atoms with E-state index in [0.717, 1.165) is 5.56 Å². The highest BCUT2D eigenvalue weighted by Crippen LogP contribution is 2.05. The van der Waals surface area contributed by atoms with Gasteiger partial charge in [0, 0.05) is 23.7 Å². The van der Waals surface area contributed by atoms with Crippen molar-refractivity contribution < 1.29 is 9.90 Å². The summed E-state index contributed by atoms with van der Waals surface area (Å²) in [5.41, 5.74) is 1.05. The first-order chi connectivity index (χ1) is 9.56. The van der Waals surface area contributed by atoms with Gasteiger partial charge in [0.1, 0.15) is 5.82 Å². The SMILES string of the molecule is Cc1nc(C=Cc2cccnc2)[nH]c(=O)c1CC(=O)O. The maximum atomic E-state index is 11.8. The van der Waals surface area contributed by atoms with E-state index in [1.165, 1.54) is 0 Å². The number of pyridine rings is 1. The first kappa shape index (κ1) is 13.7. The predicted molar refractivity (Wildman–Crippen MR) is 74.1 cm³/mol. The van der Waals surface area contributed by atoms with Crippen molar-refractivity contribution in [2.75, 3.05) is 0 Å². The number of hydrogen-bond donors (Lipinski definition) is 2. The quantitative estimate of drug-likeness (QED) is 0.873. The molecule has 102 valence electrons. The van der Waals surface area contributed by atoms with Gasteiger partial charge in [-0.1, -0.05) is 6.07 Å². The topological polar surface area (TPSA) is 95.9 Å². The summed E-state index contributed by atoms with van der Waals surface area (Å²) < 4.78 is 0. The first-order valence-electron chi connectivity index (χ1n) is 5.96. The number of aromatic nitrogens is 3. The number of carboxylic acid groups (broad SMARTS) is 1. The van der Waals surface area contributed by atoms with Gasteiger partial charge in [0.25, 0.3) is 5.56 Å². The summed E-state index contributed by atoms with van der Waals surface area (Å²) in [5, 5.41) is 8.74. The van der Waals surface area contributed by atoms with E-state index in [1.54, 1.807) is 37.5 Å².